The zero-order valence-electron chi connectivity index (χ0n) is 18.4. The molecule has 32 heavy (non-hydrogen) atoms. The number of carbonyl (C=O) groups is 1. The Morgan fingerprint density at radius 1 is 1.31 bits per heavy atom. The van der Waals surface area contributed by atoms with Crippen LogP contribution in [-0.4, -0.2) is 45.7 Å². The van der Waals surface area contributed by atoms with Gasteiger partial charge in [0.2, 0.25) is 6.17 Å². The molecule has 0 saturated carbocycles. The predicted molar refractivity (Wildman–Crippen MR) is 119 cm³/mol. The van der Waals surface area contributed by atoms with Crippen molar-refractivity contribution < 1.29 is 23.4 Å². The van der Waals surface area contributed by atoms with Crippen molar-refractivity contribution in [2.45, 2.75) is 38.8 Å². The zero-order valence-corrected chi connectivity index (χ0v) is 18.4. The molecule has 0 unspecified atom stereocenters. The van der Waals surface area contributed by atoms with Crippen molar-refractivity contribution in [3.8, 4) is 5.69 Å². The molecule has 0 radical (unpaired) electrons. The lowest BCUT2D eigenvalue weighted by Crippen LogP contribution is -2.29. The number of fused-ring (bicyclic) bond motifs is 2. The normalized spacial score (nSPS) is 13.2. The largest absolute Gasteiger partial charge is 0.479 e. The molecule has 0 aliphatic heterocycles. The molecule has 4 aromatic rings. The summed E-state index contributed by atoms with van der Waals surface area (Å²) in [5, 5.41) is 17.8. The predicted octanol–water partition coefficient (Wildman–Crippen LogP) is 4.84. The maximum absolute atomic E-state index is 14.6. The Balaban J connectivity index is 2.14. The molecule has 0 fully saturated rings. The van der Waals surface area contributed by atoms with E-state index in [0.29, 0.717) is 28.8 Å². The van der Waals surface area contributed by atoms with Gasteiger partial charge in [0.15, 0.2) is 0 Å². The number of halogens is 2. The van der Waals surface area contributed by atoms with E-state index in [1.54, 1.807) is 32.4 Å². The fourth-order valence-electron chi connectivity index (χ4n) is 4.44. The minimum atomic E-state index is -2.07. The number of hydrogen-bond donors (Lipinski definition) is 2. The summed E-state index contributed by atoms with van der Waals surface area (Å²) < 4.78 is 36.0. The van der Waals surface area contributed by atoms with Crippen molar-refractivity contribution in [3.05, 3.63) is 59.2 Å². The molecule has 4 rings (SSSR count). The van der Waals surface area contributed by atoms with Crippen LogP contribution in [0.4, 0.5) is 8.78 Å². The molecule has 2 aromatic carbocycles. The number of hydrogen-bond acceptors (Lipinski definition) is 3. The second-order valence-electron chi connectivity index (χ2n) is 8.75. The number of H-pyrrole nitrogens is 1. The highest BCUT2D eigenvalue weighted by Gasteiger charge is 2.33. The van der Waals surface area contributed by atoms with Gasteiger partial charge in [-0.3, -0.25) is 5.10 Å². The van der Waals surface area contributed by atoms with Crippen LogP contribution in [0.1, 0.15) is 30.7 Å². The number of alkyl halides is 1. The number of aromatic amines is 1. The van der Waals surface area contributed by atoms with E-state index in [2.05, 4.69) is 10.2 Å². The van der Waals surface area contributed by atoms with E-state index in [1.807, 2.05) is 30.5 Å². The van der Waals surface area contributed by atoms with Gasteiger partial charge in [-0.05, 0) is 48.4 Å². The minimum Gasteiger partial charge on any atom is -0.479 e. The van der Waals surface area contributed by atoms with Crippen LogP contribution in [0, 0.1) is 12.7 Å². The van der Waals surface area contributed by atoms with Gasteiger partial charge in [-0.15, -0.1) is 0 Å². The summed E-state index contributed by atoms with van der Waals surface area (Å²) in [5.74, 6) is -1.84. The summed E-state index contributed by atoms with van der Waals surface area (Å²) in [6.07, 6.45) is -0.684. The first-order chi connectivity index (χ1) is 15.1. The topological polar surface area (TPSA) is 80.1 Å². The molecule has 2 heterocycles. The zero-order chi connectivity index (χ0) is 23.2. The molecule has 2 N–H and O–H groups in total. The SMILES string of the molecule is COCC(C)(C)c1c(C[C@@H](F)C(=O)O)c2cc3[nH]ncc3cc2n1-c1ccc(F)c(C)c1. The molecule has 0 amide bonds. The number of nitrogens with one attached hydrogen (secondary N) is 1. The maximum atomic E-state index is 14.6. The first kappa shape index (κ1) is 22.0. The van der Waals surface area contributed by atoms with Crippen LogP contribution >= 0.6 is 0 Å². The lowest BCUT2D eigenvalue weighted by atomic mass is 9.85. The summed E-state index contributed by atoms with van der Waals surface area (Å²) >= 11 is 0. The number of aromatic nitrogens is 3. The average molecular weight is 441 g/mol. The van der Waals surface area contributed by atoms with Gasteiger partial charge in [0.05, 0.1) is 23.8 Å². The van der Waals surface area contributed by atoms with Crippen LogP contribution in [0.15, 0.2) is 36.5 Å². The van der Waals surface area contributed by atoms with Crippen LogP contribution in [0.2, 0.25) is 0 Å². The summed E-state index contributed by atoms with van der Waals surface area (Å²) in [6.45, 7) is 5.92. The van der Waals surface area contributed by atoms with Crippen LogP contribution in [0.5, 0.6) is 0 Å². The Labute approximate surface area is 183 Å². The van der Waals surface area contributed by atoms with Crippen molar-refractivity contribution in [2.75, 3.05) is 13.7 Å². The Hall–Kier alpha value is -3.26. The lowest BCUT2D eigenvalue weighted by molar-refractivity contribution is -0.142. The van der Waals surface area contributed by atoms with Gasteiger partial charge >= 0.3 is 5.97 Å². The lowest BCUT2D eigenvalue weighted by Gasteiger charge is -2.28. The fraction of sp³-hybridized carbons (Fsp3) is 0.333. The smallest absolute Gasteiger partial charge is 0.338 e. The van der Waals surface area contributed by atoms with Gasteiger partial charge in [-0.25, -0.2) is 13.6 Å². The Kier molecular flexibility index (Phi) is 5.50. The van der Waals surface area contributed by atoms with E-state index in [9.17, 15) is 18.7 Å². The molecule has 0 spiro atoms. The summed E-state index contributed by atoms with van der Waals surface area (Å²) in [7, 11) is 1.58. The summed E-state index contributed by atoms with van der Waals surface area (Å²) in [6, 6.07) is 8.59. The van der Waals surface area contributed by atoms with Crippen LogP contribution < -0.4 is 0 Å². The van der Waals surface area contributed by atoms with Gasteiger partial charge in [0.1, 0.15) is 5.82 Å². The van der Waals surface area contributed by atoms with Crippen LogP contribution in [0.3, 0.4) is 0 Å². The third-order valence-corrected chi connectivity index (χ3v) is 5.83. The van der Waals surface area contributed by atoms with E-state index in [1.165, 1.54) is 6.07 Å². The molecular weight excluding hydrogens is 416 g/mol. The number of rotatable bonds is 7. The van der Waals surface area contributed by atoms with E-state index < -0.39 is 17.6 Å². The molecule has 1 atom stereocenters. The molecule has 0 saturated heterocycles. The average Bonchev–Trinajstić information content (AvgIpc) is 3.30. The molecule has 0 bridgehead atoms. The highest BCUT2D eigenvalue weighted by molar-refractivity contribution is 5.99. The third kappa shape index (κ3) is 3.64. The highest BCUT2D eigenvalue weighted by atomic mass is 19.1. The van der Waals surface area contributed by atoms with Crippen molar-refractivity contribution in [2.24, 2.45) is 0 Å². The van der Waals surface area contributed by atoms with Gasteiger partial charge in [-0.2, -0.15) is 5.10 Å². The van der Waals surface area contributed by atoms with Gasteiger partial charge in [0.25, 0.3) is 0 Å². The third-order valence-electron chi connectivity index (χ3n) is 5.83. The molecule has 0 aliphatic carbocycles. The van der Waals surface area contributed by atoms with Gasteiger partial charge in [-0.1, -0.05) is 13.8 Å². The van der Waals surface area contributed by atoms with E-state index in [4.69, 9.17) is 4.74 Å². The summed E-state index contributed by atoms with van der Waals surface area (Å²) in [5.41, 5.74) is 3.40. The molecule has 2 aromatic heterocycles. The molecule has 168 valence electrons. The van der Waals surface area contributed by atoms with E-state index in [-0.39, 0.29) is 12.2 Å². The molecular formula is C24H25F2N3O3. The Bertz CT molecular complexity index is 1320. The monoisotopic (exact) mass is 441 g/mol. The van der Waals surface area contributed by atoms with Crippen molar-refractivity contribution >= 4 is 27.8 Å². The van der Waals surface area contributed by atoms with E-state index >= 15 is 0 Å². The highest BCUT2D eigenvalue weighted by Crippen LogP contribution is 2.40. The second-order valence-corrected chi connectivity index (χ2v) is 8.75. The first-order valence-corrected chi connectivity index (χ1v) is 10.3. The number of nitrogens with zero attached hydrogens (tertiary/aromatic N) is 2. The number of aliphatic carboxylic acids is 1. The first-order valence-electron chi connectivity index (χ1n) is 10.3. The van der Waals surface area contributed by atoms with Gasteiger partial charge in [0, 0.05) is 41.1 Å². The quantitative estimate of drug-likeness (QED) is 0.430. The number of carboxylic acid groups (broad SMARTS) is 1. The standard InChI is InChI=1S/C24H25F2N3O3/c1-13-7-15(5-6-18(13)25)29-21-8-14-11-27-28-20(14)10-16(21)17(9-19(26)23(30)31)22(29)24(2,3)12-32-4/h5-8,10-11,19H,9,12H2,1-4H3,(H,27,28)(H,30,31)/t19-/m1/s1. The Morgan fingerprint density at radius 3 is 2.72 bits per heavy atom. The number of carboxylic acids is 1. The minimum absolute atomic E-state index is 0.304. The number of aryl methyl sites for hydroxylation is 1. The number of ether oxygens (including phenoxy) is 1. The number of benzene rings is 2. The number of methoxy groups -OCH3 is 1. The van der Waals surface area contributed by atoms with Crippen molar-refractivity contribution in [1.29, 1.82) is 0 Å². The second kappa shape index (κ2) is 8.02. The fourth-order valence-corrected chi connectivity index (χ4v) is 4.44. The Morgan fingerprint density at radius 2 is 2.06 bits per heavy atom. The van der Waals surface area contributed by atoms with E-state index in [0.717, 1.165) is 22.1 Å². The van der Waals surface area contributed by atoms with Crippen molar-refractivity contribution in [1.82, 2.24) is 14.8 Å². The maximum Gasteiger partial charge on any atom is 0.338 e. The molecule has 8 heteroatoms. The van der Waals surface area contributed by atoms with Crippen LogP contribution in [0.25, 0.3) is 27.5 Å². The molecule has 6 nitrogen and oxygen atoms in total. The van der Waals surface area contributed by atoms with Crippen LogP contribution in [-0.2, 0) is 21.4 Å². The van der Waals surface area contributed by atoms with Gasteiger partial charge < -0.3 is 14.4 Å². The van der Waals surface area contributed by atoms with Crippen molar-refractivity contribution in [3.63, 3.8) is 0 Å². The summed E-state index contributed by atoms with van der Waals surface area (Å²) in [4.78, 5) is 11.4. The molecule has 0 aliphatic rings.